The van der Waals surface area contributed by atoms with Crippen molar-refractivity contribution in [2.75, 3.05) is 13.1 Å². The van der Waals surface area contributed by atoms with Gasteiger partial charge in [-0.2, -0.15) is 10.2 Å². The standard InChI is InChI=1S/C28H31N5O2/c1-20(2)26-24-18-29-33(23-11-7-4-8-12-23)27(24)28(35)32(30-26)19-25(34)31-15-13-22(14-16-31)17-21-9-5-3-6-10-21/h3-12,18,20,22H,13-17,19H2,1-2H3. The van der Waals surface area contributed by atoms with Gasteiger partial charge in [-0.05, 0) is 48.8 Å². The summed E-state index contributed by atoms with van der Waals surface area (Å²) >= 11 is 0. The molecule has 0 radical (unpaired) electrons. The van der Waals surface area contributed by atoms with Crippen LogP contribution in [0.3, 0.4) is 0 Å². The molecular formula is C28H31N5O2. The van der Waals surface area contributed by atoms with E-state index in [0.29, 0.717) is 24.5 Å². The largest absolute Gasteiger partial charge is 0.341 e. The van der Waals surface area contributed by atoms with Crippen LogP contribution in [0.5, 0.6) is 0 Å². The molecular weight excluding hydrogens is 438 g/mol. The Labute approximate surface area is 205 Å². The summed E-state index contributed by atoms with van der Waals surface area (Å²) < 4.78 is 2.98. The number of fused-ring (bicyclic) bond motifs is 1. The number of amides is 1. The molecule has 2 aromatic heterocycles. The van der Waals surface area contributed by atoms with Gasteiger partial charge in [-0.25, -0.2) is 9.36 Å². The fraction of sp³-hybridized carbons (Fsp3) is 0.357. The van der Waals surface area contributed by atoms with Gasteiger partial charge in [-0.1, -0.05) is 62.4 Å². The first-order chi connectivity index (χ1) is 17.0. The molecule has 0 spiro atoms. The second-order valence-corrected chi connectivity index (χ2v) is 9.67. The van der Waals surface area contributed by atoms with Gasteiger partial charge in [0.05, 0.1) is 17.6 Å². The summed E-state index contributed by atoms with van der Waals surface area (Å²) in [6.07, 6.45) is 4.69. The number of rotatable bonds is 6. The molecule has 1 aliphatic rings. The molecule has 180 valence electrons. The fourth-order valence-corrected chi connectivity index (χ4v) is 4.95. The summed E-state index contributed by atoms with van der Waals surface area (Å²) in [5.74, 6) is 0.602. The predicted molar refractivity (Wildman–Crippen MR) is 137 cm³/mol. The molecule has 4 aromatic rings. The SMILES string of the molecule is CC(C)c1nn(CC(=O)N2CCC(Cc3ccccc3)CC2)c(=O)c2c1cnn2-c1ccccc1. The van der Waals surface area contributed by atoms with Crippen LogP contribution in [-0.4, -0.2) is 43.5 Å². The van der Waals surface area contributed by atoms with Crippen LogP contribution in [0.1, 0.15) is 43.9 Å². The van der Waals surface area contributed by atoms with Crippen LogP contribution in [0.4, 0.5) is 0 Å². The van der Waals surface area contributed by atoms with E-state index in [1.807, 2.05) is 55.1 Å². The maximum atomic E-state index is 13.5. The predicted octanol–water partition coefficient (Wildman–Crippen LogP) is 4.19. The Morgan fingerprint density at radius 1 is 1.00 bits per heavy atom. The molecule has 0 atom stereocenters. The van der Waals surface area contributed by atoms with E-state index in [-0.39, 0.29) is 23.9 Å². The first-order valence-corrected chi connectivity index (χ1v) is 12.4. The van der Waals surface area contributed by atoms with Crippen LogP contribution < -0.4 is 5.56 Å². The molecule has 3 heterocycles. The van der Waals surface area contributed by atoms with Crippen LogP contribution in [0, 0.1) is 5.92 Å². The maximum absolute atomic E-state index is 13.5. The number of likely N-dealkylation sites (tertiary alicyclic amines) is 1. The van der Waals surface area contributed by atoms with Crippen molar-refractivity contribution in [2.45, 2.75) is 45.6 Å². The number of hydrogen-bond acceptors (Lipinski definition) is 4. The van der Waals surface area contributed by atoms with Gasteiger partial charge in [-0.15, -0.1) is 0 Å². The number of para-hydroxylation sites is 1. The number of nitrogens with zero attached hydrogens (tertiary/aromatic N) is 5. The van der Waals surface area contributed by atoms with Gasteiger partial charge < -0.3 is 4.90 Å². The van der Waals surface area contributed by atoms with Gasteiger partial charge >= 0.3 is 0 Å². The molecule has 5 rings (SSSR count). The fourth-order valence-electron chi connectivity index (χ4n) is 4.95. The Kier molecular flexibility index (Phi) is 6.49. The second kappa shape index (κ2) is 9.86. The summed E-state index contributed by atoms with van der Waals surface area (Å²) in [6.45, 7) is 5.45. The minimum atomic E-state index is -0.293. The van der Waals surface area contributed by atoms with Crippen LogP contribution in [0.15, 0.2) is 71.7 Å². The van der Waals surface area contributed by atoms with E-state index >= 15 is 0 Å². The van der Waals surface area contributed by atoms with Crippen molar-refractivity contribution in [3.63, 3.8) is 0 Å². The van der Waals surface area contributed by atoms with Crippen molar-refractivity contribution >= 4 is 16.8 Å². The Morgan fingerprint density at radius 2 is 1.66 bits per heavy atom. The highest BCUT2D eigenvalue weighted by Crippen LogP contribution is 2.24. The number of piperidine rings is 1. The molecule has 1 saturated heterocycles. The molecule has 7 heteroatoms. The Morgan fingerprint density at radius 3 is 2.31 bits per heavy atom. The van der Waals surface area contributed by atoms with E-state index in [0.717, 1.165) is 36.0 Å². The highest BCUT2D eigenvalue weighted by atomic mass is 16.2. The molecule has 1 aliphatic heterocycles. The molecule has 0 aliphatic carbocycles. The van der Waals surface area contributed by atoms with Crippen molar-refractivity contribution in [1.29, 1.82) is 0 Å². The molecule has 1 amide bonds. The molecule has 0 saturated carbocycles. The molecule has 35 heavy (non-hydrogen) atoms. The van der Waals surface area contributed by atoms with Crippen molar-refractivity contribution in [2.24, 2.45) is 5.92 Å². The number of aromatic nitrogens is 4. The first kappa shape index (κ1) is 23.0. The third kappa shape index (κ3) is 4.76. The van der Waals surface area contributed by atoms with Crippen molar-refractivity contribution < 1.29 is 4.79 Å². The highest BCUT2D eigenvalue weighted by Gasteiger charge is 2.25. The summed E-state index contributed by atoms with van der Waals surface area (Å²) in [7, 11) is 0. The van der Waals surface area contributed by atoms with Gasteiger partial charge in [0.1, 0.15) is 12.1 Å². The van der Waals surface area contributed by atoms with Gasteiger partial charge in [0, 0.05) is 18.5 Å². The molecule has 0 N–H and O–H groups in total. The van der Waals surface area contributed by atoms with Gasteiger partial charge in [0.2, 0.25) is 5.91 Å². The van der Waals surface area contributed by atoms with Crippen molar-refractivity contribution in [1.82, 2.24) is 24.5 Å². The third-order valence-corrected chi connectivity index (χ3v) is 6.88. The summed E-state index contributed by atoms with van der Waals surface area (Å²) in [6, 6.07) is 20.1. The Hall–Kier alpha value is -3.74. The van der Waals surface area contributed by atoms with Crippen LogP contribution in [-0.2, 0) is 17.8 Å². The first-order valence-electron chi connectivity index (χ1n) is 12.4. The van der Waals surface area contributed by atoms with Gasteiger partial charge in [-0.3, -0.25) is 9.59 Å². The summed E-state index contributed by atoms with van der Waals surface area (Å²) in [4.78, 5) is 28.6. The zero-order valence-corrected chi connectivity index (χ0v) is 20.3. The minimum absolute atomic E-state index is 0.0577. The zero-order chi connectivity index (χ0) is 24.4. The molecule has 0 unspecified atom stereocenters. The molecule has 0 bridgehead atoms. The second-order valence-electron chi connectivity index (χ2n) is 9.67. The Balaban J connectivity index is 1.37. The van der Waals surface area contributed by atoms with Gasteiger partial charge in [0.25, 0.3) is 5.56 Å². The van der Waals surface area contributed by atoms with E-state index in [9.17, 15) is 9.59 Å². The van der Waals surface area contributed by atoms with Crippen molar-refractivity contribution in [3.05, 3.63) is 88.5 Å². The van der Waals surface area contributed by atoms with Crippen LogP contribution >= 0.6 is 0 Å². The molecule has 2 aromatic carbocycles. The number of benzene rings is 2. The smallest absolute Gasteiger partial charge is 0.293 e. The highest BCUT2D eigenvalue weighted by molar-refractivity contribution is 5.82. The van der Waals surface area contributed by atoms with Crippen LogP contribution in [0.25, 0.3) is 16.6 Å². The summed E-state index contributed by atoms with van der Waals surface area (Å²) in [5.41, 5.74) is 3.09. The lowest BCUT2D eigenvalue weighted by Gasteiger charge is -2.32. The van der Waals surface area contributed by atoms with Crippen molar-refractivity contribution in [3.8, 4) is 5.69 Å². The lowest BCUT2D eigenvalue weighted by molar-refractivity contribution is -0.133. The number of carbonyl (C=O) groups excluding carboxylic acids is 1. The van der Waals surface area contributed by atoms with E-state index < -0.39 is 0 Å². The minimum Gasteiger partial charge on any atom is -0.341 e. The summed E-state index contributed by atoms with van der Waals surface area (Å²) in [5, 5.41) is 9.84. The number of carbonyl (C=O) groups is 1. The quantitative estimate of drug-likeness (QED) is 0.425. The average Bonchev–Trinajstić information content (AvgIpc) is 3.33. The van der Waals surface area contributed by atoms with Crippen LogP contribution in [0.2, 0.25) is 0 Å². The monoisotopic (exact) mass is 469 g/mol. The molecule has 1 fully saturated rings. The molecule has 7 nitrogen and oxygen atoms in total. The average molecular weight is 470 g/mol. The normalized spacial score (nSPS) is 14.7. The zero-order valence-electron chi connectivity index (χ0n) is 20.3. The van der Waals surface area contributed by atoms with E-state index in [2.05, 4.69) is 34.5 Å². The van der Waals surface area contributed by atoms with E-state index in [1.54, 1.807) is 10.9 Å². The lowest BCUT2D eigenvalue weighted by Crippen LogP contribution is -2.42. The third-order valence-electron chi connectivity index (χ3n) is 6.88. The lowest BCUT2D eigenvalue weighted by atomic mass is 9.90. The topological polar surface area (TPSA) is 73.0 Å². The maximum Gasteiger partial charge on any atom is 0.293 e. The van der Waals surface area contributed by atoms with E-state index in [1.165, 1.54) is 10.2 Å². The van der Waals surface area contributed by atoms with E-state index in [4.69, 9.17) is 0 Å². The Bertz CT molecular complexity index is 1370. The van der Waals surface area contributed by atoms with Gasteiger partial charge in [0.15, 0.2) is 0 Å². The number of hydrogen-bond donors (Lipinski definition) is 0.